The Morgan fingerprint density at radius 2 is 2.12 bits per heavy atom. The largest absolute Gasteiger partial charge is 0.471 e. The van der Waals surface area contributed by atoms with Gasteiger partial charge in [-0.3, -0.25) is 4.79 Å². The highest BCUT2D eigenvalue weighted by molar-refractivity contribution is 7.99. The Morgan fingerprint density at radius 3 is 2.65 bits per heavy atom. The fourth-order valence-corrected chi connectivity index (χ4v) is 3.26. The first-order chi connectivity index (χ1) is 7.86. The number of halogens is 3. The molecule has 0 saturated heterocycles. The van der Waals surface area contributed by atoms with Gasteiger partial charge >= 0.3 is 12.1 Å². The van der Waals surface area contributed by atoms with Crippen LogP contribution in [0.3, 0.4) is 0 Å². The molecule has 1 rings (SSSR count). The van der Waals surface area contributed by atoms with Crippen molar-refractivity contribution in [3.8, 4) is 0 Å². The van der Waals surface area contributed by atoms with Crippen molar-refractivity contribution >= 4 is 17.7 Å². The third kappa shape index (κ3) is 4.06. The summed E-state index contributed by atoms with van der Waals surface area (Å²) in [6.07, 6.45) is -1.36. The first-order valence-corrected chi connectivity index (χ1v) is 6.71. The fourth-order valence-electron chi connectivity index (χ4n) is 2.16. The van der Waals surface area contributed by atoms with E-state index in [0.29, 0.717) is 12.8 Å². The second-order valence-electron chi connectivity index (χ2n) is 4.15. The highest BCUT2D eigenvalue weighted by Crippen LogP contribution is 2.35. The lowest BCUT2D eigenvalue weighted by atomic mass is 10.0. The minimum atomic E-state index is -4.81. The zero-order valence-corrected chi connectivity index (χ0v) is 10.3. The Bertz CT molecular complexity index is 273. The summed E-state index contributed by atoms with van der Waals surface area (Å²) in [5.41, 5.74) is 0. The summed E-state index contributed by atoms with van der Waals surface area (Å²) in [4.78, 5) is 10.6. The summed E-state index contributed by atoms with van der Waals surface area (Å²) in [6.45, 7) is 0.00674. The average Bonchev–Trinajstić information content (AvgIpc) is 2.57. The van der Waals surface area contributed by atoms with E-state index in [2.05, 4.69) is 0 Å². The van der Waals surface area contributed by atoms with Gasteiger partial charge in [-0.25, -0.2) is 0 Å². The van der Waals surface area contributed by atoms with Gasteiger partial charge in [0.05, 0.1) is 6.10 Å². The van der Waals surface area contributed by atoms with Gasteiger partial charge in [-0.15, -0.1) is 0 Å². The molecule has 3 atom stereocenters. The number of amides is 1. The summed E-state index contributed by atoms with van der Waals surface area (Å²) in [7, 11) is 0. The van der Waals surface area contributed by atoms with E-state index in [9.17, 15) is 23.1 Å². The number of thioether (sulfide) groups is 1. The normalized spacial score (nSPS) is 29.4. The van der Waals surface area contributed by atoms with Gasteiger partial charge in [-0.05, 0) is 31.4 Å². The molecule has 100 valence electrons. The molecule has 0 aromatic carbocycles. The quantitative estimate of drug-likeness (QED) is 0.816. The third-order valence-corrected chi connectivity index (χ3v) is 4.25. The maximum atomic E-state index is 11.9. The van der Waals surface area contributed by atoms with Crippen molar-refractivity contribution in [1.29, 1.82) is 0 Å². The molecular weight excluding hydrogens is 255 g/mol. The summed E-state index contributed by atoms with van der Waals surface area (Å²) >= 11 is 1.53. The van der Waals surface area contributed by atoms with Crippen LogP contribution < -0.4 is 5.32 Å². The van der Waals surface area contributed by atoms with Crippen LogP contribution in [0.4, 0.5) is 13.2 Å². The Kier molecular flexibility index (Phi) is 5.12. The van der Waals surface area contributed by atoms with Crippen LogP contribution in [0, 0.1) is 5.92 Å². The lowest BCUT2D eigenvalue weighted by Crippen LogP contribution is -2.38. The molecule has 0 heterocycles. The monoisotopic (exact) mass is 271 g/mol. The van der Waals surface area contributed by atoms with Gasteiger partial charge in [0.15, 0.2) is 0 Å². The van der Waals surface area contributed by atoms with Gasteiger partial charge < -0.3 is 10.4 Å². The predicted molar refractivity (Wildman–Crippen MR) is 59.7 cm³/mol. The van der Waals surface area contributed by atoms with Crippen molar-refractivity contribution in [2.75, 3.05) is 12.8 Å². The number of aliphatic hydroxyl groups is 1. The molecule has 1 saturated carbocycles. The Balaban J connectivity index is 2.30. The summed E-state index contributed by atoms with van der Waals surface area (Å²) in [6, 6.07) is 0. The molecule has 17 heavy (non-hydrogen) atoms. The highest BCUT2D eigenvalue weighted by atomic mass is 32.2. The minimum absolute atomic E-state index is 0.00674. The van der Waals surface area contributed by atoms with E-state index in [1.807, 2.05) is 11.6 Å². The number of hydrogen-bond acceptors (Lipinski definition) is 3. The van der Waals surface area contributed by atoms with Crippen LogP contribution in [-0.2, 0) is 4.79 Å². The maximum Gasteiger partial charge on any atom is 0.471 e. The van der Waals surface area contributed by atoms with Crippen LogP contribution in [0.5, 0.6) is 0 Å². The van der Waals surface area contributed by atoms with Crippen LogP contribution in [-0.4, -0.2) is 41.3 Å². The number of nitrogens with one attached hydrogen (secondary N) is 1. The van der Waals surface area contributed by atoms with Crippen LogP contribution in [0.25, 0.3) is 0 Å². The third-order valence-electron chi connectivity index (χ3n) is 3.01. The molecule has 0 unspecified atom stereocenters. The molecule has 3 nitrogen and oxygen atoms in total. The maximum absolute atomic E-state index is 11.9. The molecule has 0 bridgehead atoms. The van der Waals surface area contributed by atoms with E-state index < -0.39 is 12.1 Å². The molecule has 7 heteroatoms. The van der Waals surface area contributed by atoms with Crippen LogP contribution in [0.15, 0.2) is 0 Å². The highest BCUT2D eigenvalue weighted by Gasteiger charge is 2.39. The Hall–Kier alpha value is -0.430. The van der Waals surface area contributed by atoms with E-state index in [1.165, 1.54) is 11.8 Å². The van der Waals surface area contributed by atoms with Crippen molar-refractivity contribution in [2.24, 2.45) is 5.92 Å². The molecule has 0 radical (unpaired) electrons. The SMILES string of the molecule is CS[C@H]1[C@H](CCNC(=O)C(F)(F)F)CC[C@@H]1O. The van der Waals surface area contributed by atoms with Crippen LogP contribution in [0.2, 0.25) is 0 Å². The number of alkyl halides is 3. The van der Waals surface area contributed by atoms with Crippen molar-refractivity contribution in [2.45, 2.75) is 36.8 Å². The van der Waals surface area contributed by atoms with Crippen LogP contribution in [0.1, 0.15) is 19.3 Å². The van der Waals surface area contributed by atoms with E-state index in [1.54, 1.807) is 0 Å². The molecule has 0 aromatic rings. The number of carbonyl (C=O) groups is 1. The van der Waals surface area contributed by atoms with Crippen LogP contribution >= 0.6 is 11.8 Å². The molecule has 1 fully saturated rings. The van der Waals surface area contributed by atoms with Gasteiger partial charge in [0.2, 0.25) is 0 Å². The van der Waals surface area contributed by atoms with Gasteiger partial charge in [0, 0.05) is 11.8 Å². The van der Waals surface area contributed by atoms with E-state index >= 15 is 0 Å². The van der Waals surface area contributed by atoms with Gasteiger partial charge in [0.25, 0.3) is 0 Å². The first-order valence-electron chi connectivity index (χ1n) is 5.42. The predicted octanol–water partition coefficient (Wildman–Crippen LogP) is 1.56. The van der Waals surface area contributed by atoms with Gasteiger partial charge in [-0.1, -0.05) is 0 Å². The van der Waals surface area contributed by atoms with Gasteiger partial charge in [-0.2, -0.15) is 24.9 Å². The van der Waals surface area contributed by atoms with E-state index in [4.69, 9.17) is 0 Å². The molecule has 1 amide bonds. The van der Waals surface area contributed by atoms with Crippen molar-refractivity contribution in [3.63, 3.8) is 0 Å². The molecular formula is C10H16F3NO2S. The second-order valence-corrected chi connectivity index (χ2v) is 5.16. The standard InChI is InChI=1S/C10H16F3NO2S/c1-17-8-6(2-3-7(8)15)4-5-14-9(16)10(11,12)13/h6-8,15H,2-5H2,1H3,(H,14,16)/t6-,7-,8-/m0/s1. The smallest absolute Gasteiger partial charge is 0.392 e. The Labute approximate surface area is 102 Å². The number of carbonyl (C=O) groups excluding carboxylic acids is 1. The van der Waals surface area contributed by atoms with E-state index in [-0.39, 0.29) is 23.8 Å². The Morgan fingerprint density at radius 1 is 1.47 bits per heavy atom. The zero-order valence-electron chi connectivity index (χ0n) is 9.46. The molecule has 2 N–H and O–H groups in total. The molecule has 0 spiro atoms. The number of hydrogen-bond donors (Lipinski definition) is 2. The lowest BCUT2D eigenvalue weighted by molar-refractivity contribution is -0.173. The molecule has 1 aliphatic carbocycles. The van der Waals surface area contributed by atoms with Crippen molar-refractivity contribution < 1.29 is 23.1 Å². The molecule has 0 aliphatic heterocycles. The fraction of sp³-hybridized carbons (Fsp3) is 0.900. The molecule has 0 aromatic heterocycles. The lowest BCUT2D eigenvalue weighted by Gasteiger charge is -2.20. The van der Waals surface area contributed by atoms with Crippen molar-refractivity contribution in [3.05, 3.63) is 0 Å². The first kappa shape index (κ1) is 14.6. The van der Waals surface area contributed by atoms with Gasteiger partial charge in [0.1, 0.15) is 0 Å². The molecule has 1 aliphatic rings. The van der Waals surface area contributed by atoms with E-state index in [0.717, 1.165) is 6.42 Å². The summed E-state index contributed by atoms with van der Waals surface area (Å²) < 4.78 is 35.7. The summed E-state index contributed by atoms with van der Waals surface area (Å²) in [5.74, 6) is -1.72. The average molecular weight is 271 g/mol. The number of rotatable bonds is 4. The second kappa shape index (κ2) is 5.95. The summed E-state index contributed by atoms with van der Waals surface area (Å²) in [5, 5.41) is 11.5. The minimum Gasteiger partial charge on any atom is -0.392 e. The number of aliphatic hydroxyl groups excluding tert-OH is 1. The topological polar surface area (TPSA) is 49.3 Å². The van der Waals surface area contributed by atoms with Crippen molar-refractivity contribution in [1.82, 2.24) is 5.32 Å². The zero-order chi connectivity index (χ0) is 13.1.